The van der Waals surface area contributed by atoms with Gasteiger partial charge in [0, 0.05) is 72.2 Å². The Balaban J connectivity index is 1.79. The summed E-state index contributed by atoms with van der Waals surface area (Å²) in [6.07, 6.45) is -0.866. The lowest BCUT2D eigenvalue weighted by Crippen LogP contribution is -2.18. The number of anilines is 1. The van der Waals surface area contributed by atoms with Crippen molar-refractivity contribution < 1.29 is 18.0 Å². The van der Waals surface area contributed by atoms with Gasteiger partial charge in [0.05, 0.1) is 5.56 Å². The van der Waals surface area contributed by atoms with Crippen molar-refractivity contribution in [1.29, 1.82) is 0 Å². The van der Waals surface area contributed by atoms with Crippen LogP contribution in [0.4, 0.5) is 19.0 Å². The van der Waals surface area contributed by atoms with Gasteiger partial charge in [-0.1, -0.05) is 0 Å². The molecular formula is C23H19F3N8O. The van der Waals surface area contributed by atoms with Gasteiger partial charge in [-0.15, -0.1) is 0 Å². The quantitative estimate of drug-likeness (QED) is 0.465. The lowest BCUT2D eigenvalue weighted by atomic mass is 9.94. The molecule has 5 rings (SSSR count). The summed E-state index contributed by atoms with van der Waals surface area (Å²) in [5, 5.41) is 3.33. The number of nitrogens with one attached hydrogen (secondary N) is 1. The van der Waals surface area contributed by atoms with Gasteiger partial charge in [-0.3, -0.25) is 19.8 Å². The molecule has 0 aromatic carbocycles. The number of hydrogen-bond acceptors (Lipinski definition) is 7. The summed E-state index contributed by atoms with van der Waals surface area (Å²) in [6, 6.07) is 4.25. The van der Waals surface area contributed by atoms with E-state index in [4.69, 9.17) is 5.73 Å². The van der Waals surface area contributed by atoms with Crippen LogP contribution < -0.4 is 16.7 Å². The number of nitrogens with zero attached hydrogens (tertiary/aromatic N) is 6. The lowest BCUT2D eigenvalue weighted by molar-refractivity contribution is -0.137. The van der Waals surface area contributed by atoms with Crippen molar-refractivity contribution in [3.63, 3.8) is 0 Å². The number of fused-ring (bicyclic) bond motifs is 3. The first-order chi connectivity index (χ1) is 16.7. The van der Waals surface area contributed by atoms with Crippen molar-refractivity contribution in [2.24, 2.45) is 10.7 Å². The highest BCUT2D eigenvalue weighted by molar-refractivity contribution is 5.99. The van der Waals surface area contributed by atoms with E-state index < -0.39 is 28.9 Å². The molecule has 12 heteroatoms. The first kappa shape index (κ1) is 22.4. The molecule has 0 radical (unpaired) electrons. The minimum Gasteiger partial charge on any atom is -0.369 e. The molecule has 0 fully saturated rings. The number of rotatable bonds is 3. The van der Waals surface area contributed by atoms with E-state index in [9.17, 15) is 18.0 Å². The van der Waals surface area contributed by atoms with Gasteiger partial charge in [0.25, 0.3) is 5.91 Å². The first-order valence-corrected chi connectivity index (χ1v) is 10.6. The number of nitrogens with two attached hydrogens (primary N) is 1. The number of halogens is 3. The smallest absolute Gasteiger partial charge is 0.369 e. The molecule has 178 valence electrons. The third-order valence-corrected chi connectivity index (χ3v) is 5.85. The van der Waals surface area contributed by atoms with E-state index >= 15 is 0 Å². The summed E-state index contributed by atoms with van der Waals surface area (Å²) < 4.78 is 43.6. The predicted molar refractivity (Wildman–Crippen MR) is 121 cm³/mol. The highest BCUT2D eigenvalue weighted by Crippen LogP contribution is 2.42. The van der Waals surface area contributed by atoms with E-state index in [0.29, 0.717) is 41.4 Å². The van der Waals surface area contributed by atoms with Crippen LogP contribution >= 0.6 is 0 Å². The average Bonchev–Trinajstić information content (AvgIpc) is 3.33. The minimum atomic E-state index is -4.73. The summed E-state index contributed by atoms with van der Waals surface area (Å²) in [5.74, 6) is 0.373. The molecule has 0 saturated heterocycles. The Bertz CT molecular complexity index is 1530. The average molecular weight is 480 g/mol. The number of alkyl halides is 3. The molecular weight excluding hydrogens is 461 g/mol. The molecule has 2 aromatic heterocycles. The van der Waals surface area contributed by atoms with Crippen LogP contribution in [0.5, 0.6) is 0 Å². The Kier molecular flexibility index (Phi) is 5.23. The summed E-state index contributed by atoms with van der Waals surface area (Å²) >= 11 is 0. The topological polar surface area (TPSA) is 124 Å². The van der Waals surface area contributed by atoms with Crippen molar-refractivity contribution in [2.75, 3.05) is 18.9 Å². The zero-order valence-corrected chi connectivity index (χ0v) is 18.7. The van der Waals surface area contributed by atoms with E-state index in [1.54, 1.807) is 26.2 Å². The monoisotopic (exact) mass is 480 g/mol. The minimum absolute atomic E-state index is 0.0769. The van der Waals surface area contributed by atoms with Crippen LogP contribution in [0.1, 0.15) is 21.7 Å². The maximum absolute atomic E-state index is 13.9. The van der Waals surface area contributed by atoms with Gasteiger partial charge in [-0.2, -0.15) is 18.2 Å². The molecule has 1 amide bonds. The fraction of sp³-hybridized carbons (Fsp3) is 0.217. The Morgan fingerprint density at radius 3 is 2.60 bits per heavy atom. The summed E-state index contributed by atoms with van der Waals surface area (Å²) in [7, 11) is 1.60. The van der Waals surface area contributed by atoms with Gasteiger partial charge in [0.15, 0.2) is 0 Å². The molecule has 3 aliphatic rings. The Morgan fingerprint density at radius 2 is 1.89 bits per heavy atom. The van der Waals surface area contributed by atoms with Gasteiger partial charge < -0.3 is 15.6 Å². The SMILES string of the molecule is CN=c1ncc2cc(-c3cc(-c4c(C(F)(F)F)ccnc4C(N)=O)cnc3C)c3n(c-2n1)CCN3. The molecule has 2 aromatic rings. The number of amides is 1. The van der Waals surface area contributed by atoms with Crippen LogP contribution in [0.2, 0.25) is 0 Å². The maximum atomic E-state index is 13.9. The second-order valence-corrected chi connectivity index (χ2v) is 7.96. The van der Waals surface area contributed by atoms with Crippen LogP contribution in [0, 0.1) is 6.92 Å². The Hall–Kier alpha value is -4.35. The molecule has 0 saturated carbocycles. The number of carbonyl (C=O) groups is 1. The molecule has 0 atom stereocenters. The van der Waals surface area contributed by atoms with E-state index in [1.165, 1.54) is 6.20 Å². The number of aromatic nitrogens is 5. The van der Waals surface area contributed by atoms with Crippen molar-refractivity contribution in [3.05, 3.63) is 59.4 Å². The van der Waals surface area contributed by atoms with Crippen LogP contribution in [0.3, 0.4) is 0 Å². The zero-order chi connectivity index (χ0) is 24.9. The molecule has 3 N–H and O–H groups in total. The molecule has 0 spiro atoms. The van der Waals surface area contributed by atoms with Crippen molar-refractivity contribution >= 4 is 11.7 Å². The van der Waals surface area contributed by atoms with E-state index in [0.717, 1.165) is 23.6 Å². The number of primary amides is 1. The molecule has 0 aliphatic carbocycles. The van der Waals surface area contributed by atoms with Crippen LogP contribution in [-0.2, 0) is 12.7 Å². The molecule has 3 aliphatic heterocycles. The van der Waals surface area contributed by atoms with Crippen molar-refractivity contribution in [3.8, 4) is 33.6 Å². The first-order valence-electron chi connectivity index (χ1n) is 10.6. The maximum Gasteiger partial charge on any atom is 0.417 e. The zero-order valence-electron chi connectivity index (χ0n) is 18.7. The fourth-order valence-electron chi connectivity index (χ4n) is 4.29. The van der Waals surface area contributed by atoms with Crippen LogP contribution in [0.25, 0.3) is 33.6 Å². The van der Waals surface area contributed by atoms with E-state index in [2.05, 4.69) is 30.2 Å². The molecule has 0 unspecified atom stereocenters. The van der Waals surface area contributed by atoms with Gasteiger partial charge in [0.2, 0.25) is 5.62 Å². The fourth-order valence-corrected chi connectivity index (χ4v) is 4.29. The number of aryl methyl sites for hydroxylation is 1. The summed E-state index contributed by atoms with van der Waals surface area (Å²) in [6.45, 7) is 3.04. The largest absolute Gasteiger partial charge is 0.417 e. The molecule has 5 heterocycles. The van der Waals surface area contributed by atoms with Crippen molar-refractivity contribution in [2.45, 2.75) is 19.6 Å². The second kappa shape index (κ2) is 8.15. The van der Waals surface area contributed by atoms with Gasteiger partial charge in [-0.05, 0) is 25.1 Å². The molecule has 0 bridgehead atoms. The standard InChI is InChI=1S/C23H19F3N8O/c1-11-14(15-8-13-10-32-22(28-2)33-20(13)34-6-5-30-21(15)34)7-12(9-31-11)17-16(23(24,25)26)3-4-29-18(17)19(27)35/h3-4,7-10,30H,5-6H2,1-2H3,(H2,27,35). The van der Waals surface area contributed by atoms with Crippen LogP contribution in [-0.4, -0.2) is 44.0 Å². The Labute approximate surface area is 197 Å². The van der Waals surface area contributed by atoms with E-state index in [1.807, 2.05) is 10.6 Å². The third kappa shape index (κ3) is 3.76. The van der Waals surface area contributed by atoms with Gasteiger partial charge in [0.1, 0.15) is 17.3 Å². The predicted octanol–water partition coefficient (Wildman–Crippen LogP) is 2.89. The highest BCUT2D eigenvalue weighted by Gasteiger charge is 2.36. The number of carbonyl (C=O) groups excluding carboxylic acids is 1. The summed E-state index contributed by atoms with van der Waals surface area (Å²) in [5.41, 5.74) is 6.53. The summed E-state index contributed by atoms with van der Waals surface area (Å²) in [4.78, 5) is 32.9. The normalized spacial score (nSPS) is 13.7. The van der Waals surface area contributed by atoms with Gasteiger partial charge >= 0.3 is 6.18 Å². The molecule has 9 nitrogen and oxygen atoms in total. The van der Waals surface area contributed by atoms with E-state index in [-0.39, 0.29) is 5.56 Å². The second-order valence-electron chi connectivity index (χ2n) is 7.96. The van der Waals surface area contributed by atoms with Crippen molar-refractivity contribution in [1.82, 2.24) is 24.5 Å². The Morgan fingerprint density at radius 1 is 1.14 bits per heavy atom. The van der Waals surface area contributed by atoms with Gasteiger partial charge in [-0.25, -0.2) is 4.98 Å². The van der Waals surface area contributed by atoms with Crippen LogP contribution in [0.15, 0.2) is 41.8 Å². The highest BCUT2D eigenvalue weighted by atomic mass is 19.4. The third-order valence-electron chi connectivity index (χ3n) is 5.85. The lowest BCUT2D eigenvalue weighted by Gasteiger charge is -2.19. The molecule has 35 heavy (non-hydrogen) atoms. The number of hydrogen-bond donors (Lipinski definition) is 2. The number of pyridine rings is 3.